The minimum atomic E-state index is -0.712. The van der Waals surface area contributed by atoms with Crippen molar-refractivity contribution in [1.29, 1.82) is 0 Å². The van der Waals surface area contributed by atoms with Gasteiger partial charge in [-0.1, -0.05) is 0 Å². The monoisotopic (exact) mass is 423 g/mol. The Morgan fingerprint density at radius 2 is 1.81 bits per heavy atom. The topological polar surface area (TPSA) is 88.2 Å². The lowest BCUT2D eigenvalue weighted by atomic mass is 10.1. The van der Waals surface area contributed by atoms with Gasteiger partial charge in [0.1, 0.15) is 12.3 Å². The zero-order valence-electron chi connectivity index (χ0n) is 17.6. The molecule has 2 heterocycles. The van der Waals surface area contributed by atoms with Gasteiger partial charge in [0.25, 0.3) is 5.91 Å². The van der Waals surface area contributed by atoms with Crippen molar-refractivity contribution >= 4 is 34.7 Å². The maximum atomic E-state index is 12.7. The normalized spacial score (nSPS) is 18.3. The molecule has 1 N–H and O–H groups in total. The number of hydrogen-bond acceptors (Lipinski definition) is 6. The lowest BCUT2D eigenvalue weighted by molar-refractivity contribution is -0.127. The highest BCUT2D eigenvalue weighted by Gasteiger charge is 2.33. The van der Waals surface area contributed by atoms with Gasteiger partial charge in [0, 0.05) is 30.0 Å². The summed E-state index contributed by atoms with van der Waals surface area (Å²) in [5.74, 6) is -0.315. The van der Waals surface area contributed by atoms with E-state index in [1.54, 1.807) is 25.1 Å². The minimum absolute atomic E-state index is 0.126. The van der Waals surface area contributed by atoms with E-state index in [9.17, 15) is 14.4 Å². The Bertz CT molecular complexity index is 999. The van der Waals surface area contributed by atoms with E-state index in [0.29, 0.717) is 35.9 Å². The van der Waals surface area contributed by atoms with Crippen LogP contribution < -0.4 is 19.9 Å². The van der Waals surface area contributed by atoms with Crippen molar-refractivity contribution in [2.45, 2.75) is 20.0 Å². The number of benzene rings is 2. The number of Topliss-reactive ketones (excluding diaryl/α,β-unsaturated/α-hetero) is 1. The van der Waals surface area contributed by atoms with Gasteiger partial charge in [-0.25, -0.2) is 0 Å². The van der Waals surface area contributed by atoms with Crippen molar-refractivity contribution in [2.24, 2.45) is 0 Å². The number of hydrogen-bond donors (Lipinski definition) is 1. The number of amides is 2. The fraction of sp³-hybridized carbons (Fsp3) is 0.348. The average Bonchev–Trinajstić information content (AvgIpc) is 2.77. The zero-order valence-corrected chi connectivity index (χ0v) is 17.6. The first kappa shape index (κ1) is 20.9. The Kier molecular flexibility index (Phi) is 5.90. The Morgan fingerprint density at radius 3 is 2.48 bits per heavy atom. The van der Waals surface area contributed by atoms with E-state index >= 15 is 0 Å². The summed E-state index contributed by atoms with van der Waals surface area (Å²) in [7, 11) is 0. The Hall–Kier alpha value is -3.39. The van der Waals surface area contributed by atoms with E-state index in [1.807, 2.05) is 24.3 Å². The molecule has 2 aliphatic rings. The van der Waals surface area contributed by atoms with Crippen LogP contribution in [0.15, 0.2) is 42.5 Å². The molecule has 2 aliphatic heterocycles. The number of anilines is 3. The van der Waals surface area contributed by atoms with Crippen molar-refractivity contribution in [3.63, 3.8) is 0 Å². The smallest absolute Gasteiger partial charge is 0.268 e. The Balaban J connectivity index is 1.47. The molecule has 1 unspecified atom stereocenters. The molecule has 1 atom stereocenters. The van der Waals surface area contributed by atoms with Crippen molar-refractivity contribution in [3.8, 4) is 5.75 Å². The quantitative estimate of drug-likeness (QED) is 0.744. The molecule has 8 heteroatoms. The van der Waals surface area contributed by atoms with E-state index < -0.39 is 6.10 Å². The molecule has 1 fully saturated rings. The predicted molar refractivity (Wildman–Crippen MR) is 117 cm³/mol. The maximum Gasteiger partial charge on any atom is 0.268 e. The fourth-order valence-electron chi connectivity index (χ4n) is 3.71. The Labute approximate surface area is 180 Å². The highest BCUT2D eigenvalue weighted by atomic mass is 16.5. The van der Waals surface area contributed by atoms with Crippen molar-refractivity contribution in [2.75, 3.05) is 48.0 Å². The van der Waals surface area contributed by atoms with Crippen molar-refractivity contribution < 1.29 is 23.9 Å². The van der Waals surface area contributed by atoms with Gasteiger partial charge in [-0.15, -0.1) is 0 Å². The third-order valence-corrected chi connectivity index (χ3v) is 5.40. The average molecular weight is 423 g/mol. The van der Waals surface area contributed by atoms with Crippen LogP contribution in [-0.4, -0.2) is 56.5 Å². The van der Waals surface area contributed by atoms with Crippen LogP contribution in [0.25, 0.3) is 0 Å². The van der Waals surface area contributed by atoms with Gasteiger partial charge >= 0.3 is 0 Å². The third kappa shape index (κ3) is 4.54. The van der Waals surface area contributed by atoms with E-state index in [-0.39, 0.29) is 24.1 Å². The Morgan fingerprint density at radius 1 is 1.10 bits per heavy atom. The molecule has 0 aromatic heterocycles. The van der Waals surface area contributed by atoms with Gasteiger partial charge in [-0.3, -0.25) is 19.3 Å². The predicted octanol–water partition coefficient (Wildman–Crippen LogP) is 2.48. The molecule has 162 valence electrons. The number of carbonyl (C=O) groups is 3. The van der Waals surface area contributed by atoms with Gasteiger partial charge in [-0.2, -0.15) is 0 Å². The molecule has 4 rings (SSSR count). The summed E-state index contributed by atoms with van der Waals surface area (Å²) in [6.45, 7) is 6.00. The summed E-state index contributed by atoms with van der Waals surface area (Å²) >= 11 is 0. The van der Waals surface area contributed by atoms with E-state index in [0.717, 1.165) is 18.8 Å². The number of nitrogens with zero attached hydrogens (tertiary/aromatic N) is 2. The molecule has 0 spiro atoms. The van der Waals surface area contributed by atoms with Crippen LogP contribution >= 0.6 is 0 Å². The molecule has 1 saturated heterocycles. The molecule has 0 aliphatic carbocycles. The van der Waals surface area contributed by atoms with Crippen molar-refractivity contribution in [3.05, 3.63) is 48.0 Å². The number of ketones is 1. The third-order valence-electron chi connectivity index (χ3n) is 5.40. The van der Waals surface area contributed by atoms with Crippen LogP contribution in [0.2, 0.25) is 0 Å². The number of morpholine rings is 1. The second-order valence-electron chi connectivity index (χ2n) is 7.62. The lowest BCUT2D eigenvalue weighted by Crippen LogP contribution is -2.47. The van der Waals surface area contributed by atoms with Gasteiger partial charge in [-0.05, 0) is 56.3 Å². The van der Waals surface area contributed by atoms with Crippen LogP contribution in [0.4, 0.5) is 17.1 Å². The molecular formula is C23H25N3O5. The second-order valence-corrected chi connectivity index (χ2v) is 7.62. The SMILES string of the molecule is CC(=O)c1ccc2c(c1)N(CC(=O)Nc1ccc(N3CCOCC3)cc1)C(=O)C(C)O2. The summed E-state index contributed by atoms with van der Waals surface area (Å²) in [4.78, 5) is 40.8. The summed E-state index contributed by atoms with van der Waals surface area (Å²) in [5, 5.41) is 2.84. The highest BCUT2D eigenvalue weighted by molar-refractivity contribution is 6.07. The molecule has 2 aromatic rings. The summed E-state index contributed by atoms with van der Waals surface area (Å²) < 4.78 is 11.0. The second kappa shape index (κ2) is 8.77. The first-order valence-corrected chi connectivity index (χ1v) is 10.3. The van der Waals surface area contributed by atoms with Gasteiger partial charge < -0.3 is 19.7 Å². The molecule has 0 bridgehead atoms. The van der Waals surface area contributed by atoms with Gasteiger partial charge in [0.2, 0.25) is 5.91 Å². The molecule has 0 radical (unpaired) electrons. The molecular weight excluding hydrogens is 398 g/mol. The maximum absolute atomic E-state index is 12.7. The molecule has 31 heavy (non-hydrogen) atoms. The van der Waals surface area contributed by atoms with Crippen LogP contribution in [-0.2, 0) is 14.3 Å². The largest absolute Gasteiger partial charge is 0.479 e. The minimum Gasteiger partial charge on any atom is -0.479 e. The van der Waals surface area contributed by atoms with Crippen molar-refractivity contribution in [1.82, 2.24) is 0 Å². The number of rotatable bonds is 5. The zero-order chi connectivity index (χ0) is 22.0. The number of carbonyl (C=O) groups excluding carboxylic acids is 3. The number of fused-ring (bicyclic) bond motifs is 1. The summed E-state index contributed by atoms with van der Waals surface area (Å²) in [5.41, 5.74) is 2.60. The van der Waals surface area contributed by atoms with E-state index in [1.165, 1.54) is 11.8 Å². The molecule has 2 aromatic carbocycles. The number of nitrogens with one attached hydrogen (secondary N) is 1. The number of ether oxygens (including phenoxy) is 2. The first-order valence-electron chi connectivity index (χ1n) is 10.3. The summed E-state index contributed by atoms with van der Waals surface area (Å²) in [6.07, 6.45) is -0.712. The standard InChI is InChI=1S/C23H25N3O5/c1-15(27)17-3-8-21-20(13-17)26(23(29)16(2)31-21)14-22(28)24-18-4-6-19(7-5-18)25-9-11-30-12-10-25/h3-8,13,16H,9-12,14H2,1-2H3,(H,24,28). The first-order chi connectivity index (χ1) is 14.9. The van der Waals surface area contributed by atoms with Crippen LogP contribution in [0.1, 0.15) is 24.2 Å². The lowest BCUT2D eigenvalue weighted by Gasteiger charge is -2.32. The fourth-order valence-corrected chi connectivity index (χ4v) is 3.71. The van der Waals surface area contributed by atoms with Gasteiger partial charge in [0.05, 0.1) is 18.9 Å². The van der Waals surface area contributed by atoms with Gasteiger partial charge in [0.15, 0.2) is 11.9 Å². The molecule has 8 nitrogen and oxygen atoms in total. The van der Waals surface area contributed by atoms with Crippen LogP contribution in [0, 0.1) is 0 Å². The van der Waals surface area contributed by atoms with E-state index in [4.69, 9.17) is 9.47 Å². The molecule has 0 saturated carbocycles. The molecule has 2 amide bonds. The van der Waals surface area contributed by atoms with Crippen LogP contribution in [0.3, 0.4) is 0 Å². The highest BCUT2D eigenvalue weighted by Crippen LogP contribution is 2.35. The van der Waals surface area contributed by atoms with E-state index in [2.05, 4.69) is 10.2 Å². The summed E-state index contributed by atoms with van der Waals surface area (Å²) in [6, 6.07) is 12.5. The van der Waals surface area contributed by atoms with Crippen LogP contribution in [0.5, 0.6) is 5.75 Å².